The molecule has 0 aliphatic rings. The Bertz CT molecular complexity index is 809. The lowest BCUT2D eigenvalue weighted by Crippen LogP contribution is -2.36. The first-order valence-corrected chi connectivity index (χ1v) is 7.84. The molecule has 128 valence electrons. The van der Waals surface area contributed by atoms with Crippen LogP contribution in [-0.2, 0) is 17.9 Å². The molecular weight excluding hydrogens is 320 g/mol. The highest BCUT2D eigenvalue weighted by Crippen LogP contribution is 2.06. The Labute approximate surface area is 144 Å². The third-order valence-electron chi connectivity index (χ3n) is 3.57. The molecule has 2 amide bonds. The van der Waals surface area contributed by atoms with E-state index in [9.17, 15) is 9.59 Å². The molecule has 0 spiro atoms. The molecule has 3 rings (SSSR count). The minimum atomic E-state index is -0.293. The summed E-state index contributed by atoms with van der Waals surface area (Å²) in [4.78, 5) is 23.8. The average Bonchev–Trinajstić information content (AvgIpc) is 3.32. The molecule has 0 aliphatic carbocycles. The molecule has 7 nitrogen and oxygen atoms in total. The van der Waals surface area contributed by atoms with E-state index in [0.29, 0.717) is 24.4 Å². The van der Waals surface area contributed by atoms with Gasteiger partial charge in [0.25, 0.3) is 5.91 Å². The van der Waals surface area contributed by atoms with Crippen molar-refractivity contribution in [2.75, 3.05) is 6.54 Å². The van der Waals surface area contributed by atoms with E-state index in [4.69, 9.17) is 4.42 Å². The molecule has 0 atom stereocenters. The molecular formula is C18H18N4O3. The summed E-state index contributed by atoms with van der Waals surface area (Å²) in [5.41, 5.74) is 1.54. The summed E-state index contributed by atoms with van der Waals surface area (Å²) in [5.74, 6) is 0.0892. The molecule has 0 fully saturated rings. The van der Waals surface area contributed by atoms with Crippen LogP contribution in [0, 0.1) is 0 Å². The van der Waals surface area contributed by atoms with Crippen molar-refractivity contribution >= 4 is 11.8 Å². The molecule has 0 unspecified atom stereocenters. The highest BCUT2D eigenvalue weighted by molar-refractivity contribution is 5.96. The summed E-state index contributed by atoms with van der Waals surface area (Å²) in [5, 5.41) is 9.40. The van der Waals surface area contributed by atoms with Gasteiger partial charge in [-0.1, -0.05) is 12.1 Å². The number of hydrogen-bond acceptors (Lipinski definition) is 4. The van der Waals surface area contributed by atoms with Gasteiger partial charge in [0.15, 0.2) is 0 Å². The monoisotopic (exact) mass is 338 g/mol. The largest absolute Gasteiger partial charge is 0.467 e. The van der Waals surface area contributed by atoms with Crippen molar-refractivity contribution in [3.8, 4) is 0 Å². The van der Waals surface area contributed by atoms with Gasteiger partial charge in [0.05, 0.1) is 25.9 Å². The molecule has 2 N–H and O–H groups in total. The van der Waals surface area contributed by atoms with Gasteiger partial charge in [-0.05, 0) is 35.9 Å². The van der Waals surface area contributed by atoms with Gasteiger partial charge in [0.1, 0.15) is 5.76 Å². The van der Waals surface area contributed by atoms with Crippen LogP contribution >= 0.6 is 0 Å². The van der Waals surface area contributed by atoms with E-state index < -0.39 is 0 Å². The van der Waals surface area contributed by atoms with Gasteiger partial charge < -0.3 is 15.1 Å². The molecule has 1 aromatic carbocycles. The van der Waals surface area contributed by atoms with Crippen LogP contribution in [0.25, 0.3) is 0 Å². The van der Waals surface area contributed by atoms with E-state index in [1.165, 1.54) is 0 Å². The summed E-state index contributed by atoms with van der Waals surface area (Å²) in [6.07, 6.45) is 5.14. The lowest BCUT2D eigenvalue weighted by molar-refractivity contribution is -0.120. The third-order valence-corrected chi connectivity index (χ3v) is 3.57. The van der Waals surface area contributed by atoms with Crippen LogP contribution in [0.2, 0.25) is 0 Å². The van der Waals surface area contributed by atoms with Crippen molar-refractivity contribution in [2.45, 2.75) is 13.1 Å². The Morgan fingerprint density at radius 1 is 1.08 bits per heavy atom. The highest BCUT2D eigenvalue weighted by atomic mass is 16.3. The van der Waals surface area contributed by atoms with E-state index >= 15 is 0 Å². The molecule has 7 heteroatoms. The topological polar surface area (TPSA) is 89.2 Å². The number of hydrogen-bond donors (Lipinski definition) is 2. The molecule has 0 saturated carbocycles. The average molecular weight is 338 g/mol. The number of nitrogens with one attached hydrogen (secondary N) is 2. The van der Waals surface area contributed by atoms with Crippen molar-refractivity contribution in [3.63, 3.8) is 0 Å². The van der Waals surface area contributed by atoms with E-state index in [-0.39, 0.29) is 18.4 Å². The quantitative estimate of drug-likeness (QED) is 0.684. The number of aromatic nitrogens is 2. The van der Waals surface area contributed by atoms with Gasteiger partial charge in [-0.15, -0.1) is 0 Å². The fourth-order valence-corrected chi connectivity index (χ4v) is 2.27. The maximum atomic E-state index is 12.1. The standard InChI is InChI=1S/C18H18N4O3/c23-17(19-11-16-3-1-10-25-16)12-20-18(24)15-6-4-14(5-7-15)13-22-9-2-8-21-22/h1-10H,11-13H2,(H,19,23)(H,20,24). The van der Waals surface area contributed by atoms with Crippen molar-refractivity contribution in [3.05, 3.63) is 78.0 Å². The molecule has 0 saturated heterocycles. The minimum Gasteiger partial charge on any atom is -0.467 e. The van der Waals surface area contributed by atoms with E-state index in [2.05, 4.69) is 15.7 Å². The van der Waals surface area contributed by atoms with Crippen molar-refractivity contribution < 1.29 is 14.0 Å². The van der Waals surface area contributed by atoms with E-state index in [1.54, 1.807) is 41.4 Å². The first-order valence-electron chi connectivity index (χ1n) is 7.84. The van der Waals surface area contributed by atoms with Crippen LogP contribution in [0.1, 0.15) is 21.7 Å². The van der Waals surface area contributed by atoms with Gasteiger partial charge in [0.2, 0.25) is 5.91 Å². The van der Waals surface area contributed by atoms with Crippen LogP contribution in [0.5, 0.6) is 0 Å². The van der Waals surface area contributed by atoms with Crippen LogP contribution in [0.3, 0.4) is 0 Å². The van der Waals surface area contributed by atoms with Gasteiger partial charge in [-0.25, -0.2) is 0 Å². The number of benzene rings is 1. The summed E-state index contributed by atoms with van der Waals surface area (Å²) < 4.78 is 6.92. The van der Waals surface area contributed by atoms with Crippen LogP contribution < -0.4 is 10.6 Å². The van der Waals surface area contributed by atoms with Crippen LogP contribution in [0.4, 0.5) is 0 Å². The molecule has 2 aromatic heterocycles. The Morgan fingerprint density at radius 3 is 2.60 bits per heavy atom. The number of furan rings is 1. The predicted octanol–water partition coefficient (Wildman–Crippen LogP) is 1.57. The summed E-state index contributed by atoms with van der Waals surface area (Å²) in [6, 6.07) is 12.6. The number of carbonyl (C=O) groups excluding carboxylic acids is 2. The lowest BCUT2D eigenvalue weighted by atomic mass is 10.1. The summed E-state index contributed by atoms with van der Waals surface area (Å²) >= 11 is 0. The number of nitrogens with zero attached hydrogens (tertiary/aromatic N) is 2. The fraction of sp³-hybridized carbons (Fsp3) is 0.167. The first-order chi connectivity index (χ1) is 12.2. The minimum absolute atomic E-state index is 0.0887. The summed E-state index contributed by atoms with van der Waals surface area (Å²) in [7, 11) is 0. The Morgan fingerprint density at radius 2 is 1.92 bits per heavy atom. The Balaban J connectivity index is 1.45. The van der Waals surface area contributed by atoms with Crippen molar-refractivity contribution in [1.29, 1.82) is 0 Å². The Hall–Kier alpha value is -3.35. The molecule has 25 heavy (non-hydrogen) atoms. The van der Waals surface area contributed by atoms with E-state index in [0.717, 1.165) is 5.56 Å². The van der Waals surface area contributed by atoms with Crippen molar-refractivity contribution in [1.82, 2.24) is 20.4 Å². The highest BCUT2D eigenvalue weighted by Gasteiger charge is 2.08. The molecule has 0 aliphatic heterocycles. The first kappa shape index (κ1) is 16.5. The van der Waals surface area contributed by atoms with Gasteiger partial charge in [-0.2, -0.15) is 5.10 Å². The lowest BCUT2D eigenvalue weighted by Gasteiger charge is -2.07. The van der Waals surface area contributed by atoms with Crippen LogP contribution in [0.15, 0.2) is 65.5 Å². The SMILES string of the molecule is O=C(CNC(=O)c1ccc(Cn2cccn2)cc1)NCc1ccco1. The zero-order valence-electron chi connectivity index (χ0n) is 13.5. The smallest absolute Gasteiger partial charge is 0.251 e. The second-order valence-electron chi connectivity index (χ2n) is 5.44. The number of carbonyl (C=O) groups is 2. The molecule has 3 aromatic rings. The second kappa shape index (κ2) is 7.96. The normalized spacial score (nSPS) is 10.4. The zero-order chi connectivity index (χ0) is 17.5. The molecule has 0 radical (unpaired) electrons. The van der Waals surface area contributed by atoms with Gasteiger partial charge in [0, 0.05) is 18.0 Å². The van der Waals surface area contributed by atoms with Crippen LogP contribution in [-0.4, -0.2) is 28.1 Å². The van der Waals surface area contributed by atoms with E-state index in [1.807, 2.05) is 24.4 Å². The molecule has 0 bridgehead atoms. The zero-order valence-corrected chi connectivity index (χ0v) is 13.5. The maximum absolute atomic E-state index is 12.1. The third kappa shape index (κ3) is 4.81. The number of rotatable bonds is 7. The van der Waals surface area contributed by atoms with Crippen molar-refractivity contribution in [2.24, 2.45) is 0 Å². The maximum Gasteiger partial charge on any atom is 0.251 e. The second-order valence-corrected chi connectivity index (χ2v) is 5.44. The fourth-order valence-electron chi connectivity index (χ4n) is 2.27. The summed E-state index contributed by atoms with van der Waals surface area (Å²) in [6.45, 7) is 0.850. The molecule has 2 heterocycles. The van der Waals surface area contributed by atoms with Gasteiger partial charge >= 0.3 is 0 Å². The Kier molecular flexibility index (Phi) is 5.26. The predicted molar refractivity (Wildman–Crippen MR) is 90.7 cm³/mol. The van der Waals surface area contributed by atoms with Gasteiger partial charge in [-0.3, -0.25) is 14.3 Å². The number of amides is 2.